The molecule has 0 unspecified atom stereocenters. The van der Waals surface area contributed by atoms with Crippen molar-refractivity contribution < 1.29 is 13.5 Å². The molecule has 0 saturated heterocycles. The lowest BCUT2D eigenvalue weighted by Crippen LogP contribution is -2.37. The topological polar surface area (TPSA) is 54.4 Å². The Morgan fingerprint density at radius 2 is 2.06 bits per heavy atom. The zero-order valence-electron chi connectivity index (χ0n) is 9.31. The zero-order chi connectivity index (χ0) is 11.8. The first kappa shape index (κ1) is 11.6. The number of rotatable bonds is 3. The molecule has 1 fully saturated rings. The van der Waals surface area contributed by atoms with Crippen LogP contribution in [0.3, 0.4) is 0 Å². The van der Waals surface area contributed by atoms with E-state index >= 15 is 0 Å². The molecule has 0 spiro atoms. The summed E-state index contributed by atoms with van der Waals surface area (Å²) in [4.78, 5) is 0.338. The highest BCUT2D eigenvalue weighted by atomic mass is 32.2. The second-order valence-corrected chi connectivity index (χ2v) is 6.61. The average Bonchev–Trinajstić information content (AvgIpc) is 2.16. The maximum atomic E-state index is 11.4. The molecule has 1 aromatic rings. The summed E-state index contributed by atoms with van der Waals surface area (Å²) in [6.07, 6.45) is 4.19. The number of aliphatic hydroxyl groups is 1. The van der Waals surface area contributed by atoms with E-state index in [1.807, 2.05) is 6.07 Å². The molecule has 0 radical (unpaired) electrons. The fourth-order valence-corrected chi connectivity index (χ4v) is 2.87. The van der Waals surface area contributed by atoms with Crippen LogP contribution < -0.4 is 0 Å². The van der Waals surface area contributed by atoms with Gasteiger partial charge in [-0.05, 0) is 30.5 Å². The molecule has 1 aliphatic carbocycles. The van der Waals surface area contributed by atoms with Crippen molar-refractivity contribution in [1.29, 1.82) is 0 Å². The number of aliphatic hydroxyl groups excluding tert-OH is 1. The van der Waals surface area contributed by atoms with Crippen LogP contribution in [0.15, 0.2) is 29.2 Å². The van der Waals surface area contributed by atoms with E-state index in [0.717, 1.165) is 24.8 Å². The number of benzene rings is 1. The molecule has 2 rings (SSSR count). The van der Waals surface area contributed by atoms with E-state index in [1.54, 1.807) is 18.2 Å². The smallest absolute Gasteiger partial charge is 0.175 e. The Morgan fingerprint density at radius 1 is 1.38 bits per heavy atom. The molecule has 0 amide bonds. The van der Waals surface area contributed by atoms with E-state index in [4.69, 9.17) is 0 Å². The minimum Gasteiger partial charge on any atom is -0.395 e. The SMILES string of the molecule is CS(=O)(=O)c1cccc(C2(CO)CCC2)c1. The van der Waals surface area contributed by atoms with E-state index in [0.29, 0.717) is 4.90 Å². The van der Waals surface area contributed by atoms with Gasteiger partial charge < -0.3 is 5.11 Å². The van der Waals surface area contributed by atoms with Gasteiger partial charge in [0.1, 0.15) is 0 Å². The minimum absolute atomic E-state index is 0.0974. The van der Waals surface area contributed by atoms with Gasteiger partial charge in [-0.15, -0.1) is 0 Å². The molecule has 88 valence electrons. The monoisotopic (exact) mass is 240 g/mol. The van der Waals surface area contributed by atoms with Gasteiger partial charge in [-0.1, -0.05) is 18.6 Å². The van der Waals surface area contributed by atoms with Gasteiger partial charge >= 0.3 is 0 Å². The highest BCUT2D eigenvalue weighted by Crippen LogP contribution is 2.43. The standard InChI is InChI=1S/C12H16O3S/c1-16(14,15)11-5-2-4-10(8-11)12(9-13)6-3-7-12/h2,4-5,8,13H,3,6-7,9H2,1H3. The molecule has 16 heavy (non-hydrogen) atoms. The van der Waals surface area contributed by atoms with Crippen molar-refractivity contribution in [3.05, 3.63) is 29.8 Å². The summed E-state index contributed by atoms with van der Waals surface area (Å²) in [5.74, 6) is 0. The van der Waals surface area contributed by atoms with Crippen LogP contribution in [-0.2, 0) is 15.3 Å². The van der Waals surface area contributed by atoms with Gasteiger partial charge in [0.25, 0.3) is 0 Å². The first-order valence-electron chi connectivity index (χ1n) is 5.39. The molecule has 3 nitrogen and oxygen atoms in total. The van der Waals surface area contributed by atoms with E-state index in [-0.39, 0.29) is 12.0 Å². The predicted octanol–water partition coefficient (Wildman–Crippen LogP) is 1.50. The Labute approximate surface area is 96.0 Å². The minimum atomic E-state index is -3.16. The predicted molar refractivity (Wildman–Crippen MR) is 62.2 cm³/mol. The van der Waals surface area contributed by atoms with Crippen molar-refractivity contribution in [2.45, 2.75) is 29.6 Å². The fourth-order valence-electron chi connectivity index (χ4n) is 2.20. The van der Waals surface area contributed by atoms with Crippen LogP contribution in [0.4, 0.5) is 0 Å². The van der Waals surface area contributed by atoms with Crippen molar-refractivity contribution in [3.8, 4) is 0 Å². The summed E-state index contributed by atoms with van der Waals surface area (Å²) >= 11 is 0. The molecule has 1 N–H and O–H groups in total. The maximum Gasteiger partial charge on any atom is 0.175 e. The lowest BCUT2D eigenvalue weighted by Gasteiger charge is -2.41. The lowest BCUT2D eigenvalue weighted by atomic mass is 9.65. The van der Waals surface area contributed by atoms with E-state index in [9.17, 15) is 13.5 Å². The van der Waals surface area contributed by atoms with Crippen LogP contribution >= 0.6 is 0 Å². The van der Waals surface area contributed by atoms with Crippen molar-refractivity contribution in [1.82, 2.24) is 0 Å². The second kappa shape index (κ2) is 3.86. The van der Waals surface area contributed by atoms with Crippen molar-refractivity contribution >= 4 is 9.84 Å². The molecule has 0 bridgehead atoms. The summed E-state index contributed by atoms with van der Waals surface area (Å²) in [6.45, 7) is 0.0974. The molecule has 0 heterocycles. The molecule has 0 atom stereocenters. The number of sulfone groups is 1. The summed E-state index contributed by atoms with van der Waals surface area (Å²) < 4.78 is 22.9. The largest absolute Gasteiger partial charge is 0.395 e. The summed E-state index contributed by atoms with van der Waals surface area (Å²) in [6, 6.07) is 6.96. The number of hydrogen-bond acceptors (Lipinski definition) is 3. The third kappa shape index (κ3) is 1.87. The van der Waals surface area contributed by atoms with E-state index < -0.39 is 9.84 Å². The highest BCUT2D eigenvalue weighted by molar-refractivity contribution is 7.90. The van der Waals surface area contributed by atoms with Gasteiger partial charge in [0.15, 0.2) is 9.84 Å². The highest BCUT2D eigenvalue weighted by Gasteiger charge is 2.38. The van der Waals surface area contributed by atoms with Crippen LogP contribution in [0.2, 0.25) is 0 Å². The van der Waals surface area contributed by atoms with Gasteiger partial charge in [-0.2, -0.15) is 0 Å². The Kier molecular flexibility index (Phi) is 2.80. The van der Waals surface area contributed by atoms with Gasteiger partial charge in [0, 0.05) is 11.7 Å². The molecule has 1 aliphatic rings. The van der Waals surface area contributed by atoms with Gasteiger partial charge in [0.05, 0.1) is 11.5 Å². The van der Waals surface area contributed by atoms with E-state index in [2.05, 4.69) is 0 Å². The van der Waals surface area contributed by atoms with Crippen LogP contribution in [0, 0.1) is 0 Å². The molecule has 1 saturated carbocycles. The Balaban J connectivity index is 2.44. The first-order valence-corrected chi connectivity index (χ1v) is 7.29. The molecule has 4 heteroatoms. The van der Waals surface area contributed by atoms with Gasteiger partial charge in [-0.3, -0.25) is 0 Å². The molecular weight excluding hydrogens is 224 g/mol. The van der Waals surface area contributed by atoms with Crippen LogP contribution in [-0.4, -0.2) is 26.4 Å². The third-order valence-corrected chi connectivity index (χ3v) is 4.60. The van der Waals surface area contributed by atoms with Crippen molar-refractivity contribution in [2.24, 2.45) is 0 Å². The number of hydrogen-bond donors (Lipinski definition) is 1. The van der Waals surface area contributed by atoms with E-state index in [1.165, 1.54) is 6.26 Å². The molecule has 0 aromatic heterocycles. The third-order valence-electron chi connectivity index (χ3n) is 3.49. The van der Waals surface area contributed by atoms with Crippen LogP contribution in [0.25, 0.3) is 0 Å². The fraction of sp³-hybridized carbons (Fsp3) is 0.500. The maximum absolute atomic E-state index is 11.4. The Morgan fingerprint density at radius 3 is 2.50 bits per heavy atom. The normalized spacial score (nSPS) is 19.1. The summed E-state index contributed by atoms with van der Waals surface area (Å²) in [7, 11) is -3.16. The van der Waals surface area contributed by atoms with Crippen LogP contribution in [0.1, 0.15) is 24.8 Å². The first-order chi connectivity index (χ1) is 7.48. The van der Waals surface area contributed by atoms with Crippen molar-refractivity contribution in [2.75, 3.05) is 12.9 Å². The summed E-state index contributed by atoms with van der Waals surface area (Å²) in [5.41, 5.74) is 0.755. The summed E-state index contributed by atoms with van der Waals surface area (Å²) in [5, 5.41) is 9.43. The Hall–Kier alpha value is -0.870. The molecule has 1 aromatic carbocycles. The molecule has 0 aliphatic heterocycles. The quantitative estimate of drug-likeness (QED) is 0.871. The second-order valence-electron chi connectivity index (χ2n) is 4.59. The Bertz CT molecular complexity index is 481. The van der Waals surface area contributed by atoms with Crippen LogP contribution in [0.5, 0.6) is 0 Å². The zero-order valence-corrected chi connectivity index (χ0v) is 10.1. The average molecular weight is 240 g/mol. The van der Waals surface area contributed by atoms with Gasteiger partial charge in [-0.25, -0.2) is 8.42 Å². The lowest BCUT2D eigenvalue weighted by molar-refractivity contribution is 0.120. The molecular formula is C12H16O3S. The van der Waals surface area contributed by atoms with Gasteiger partial charge in [0.2, 0.25) is 0 Å². The van der Waals surface area contributed by atoms with Crippen molar-refractivity contribution in [3.63, 3.8) is 0 Å².